The summed E-state index contributed by atoms with van der Waals surface area (Å²) in [6.45, 7) is 5.87. The monoisotopic (exact) mass is 214 g/mol. The fourth-order valence-electron chi connectivity index (χ4n) is 0.989. The number of aliphatic hydroxyl groups is 1. The van der Waals surface area contributed by atoms with Gasteiger partial charge in [-0.3, -0.25) is 4.98 Å². The van der Waals surface area contributed by atoms with Gasteiger partial charge in [-0.05, 0) is 26.3 Å². The normalized spacial score (nSPS) is 11.5. The first-order valence-corrected chi connectivity index (χ1v) is 4.84. The summed E-state index contributed by atoms with van der Waals surface area (Å²) in [7, 11) is 0. The Hall–Kier alpha value is -0.800. The molecule has 4 heteroatoms. The van der Waals surface area contributed by atoms with Crippen molar-refractivity contribution in [3.8, 4) is 0 Å². The predicted octanol–water partition coefficient (Wildman–Crippen LogP) is 2.23. The first kappa shape index (κ1) is 11.3. The van der Waals surface area contributed by atoms with E-state index in [1.54, 1.807) is 26.2 Å². The highest BCUT2D eigenvalue weighted by atomic mass is 35.5. The summed E-state index contributed by atoms with van der Waals surface area (Å²) in [4.78, 5) is 3.97. The van der Waals surface area contributed by atoms with Crippen molar-refractivity contribution in [2.75, 3.05) is 11.9 Å². The minimum absolute atomic E-state index is 0.468. The van der Waals surface area contributed by atoms with Crippen LogP contribution in [0.5, 0.6) is 0 Å². The minimum Gasteiger partial charge on any atom is -0.389 e. The van der Waals surface area contributed by atoms with Gasteiger partial charge in [0.15, 0.2) is 0 Å². The van der Waals surface area contributed by atoms with Gasteiger partial charge < -0.3 is 10.4 Å². The molecule has 1 aromatic heterocycles. The van der Waals surface area contributed by atoms with Gasteiger partial charge in [0.05, 0.1) is 22.5 Å². The van der Waals surface area contributed by atoms with E-state index in [4.69, 9.17) is 11.6 Å². The van der Waals surface area contributed by atoms with E-state index in [-0.39, 0.29) is 0 Å². The van der Waals surface area contributed by atoms with Crippen LogP contribution in [0.2, 0.25) is 5.02 Å². The number of hydrogen-bond acceptors (Lipinski definition) is 3. The minimum atomic E-state index is -0.741. The van der Waals surface area contributed by atoms with Gasteiger partial charge in [-0.2, -0.15) is 0 Å². The second-order valence-electron chi connectivity index (χ2n) is 3.96. The Morgan fingerprint density at radius 2 is 2.14 bits per heavy atom. The molecule has 0 unspecified atom stereocenters. The van der Waals surface area contributed by atoms with Gasteiger partial charge in [-0.25, -0.2) is 0 Å². The van der Waals surface area contributed by atoms with Crippen LogP contribution in [0.25, 0.3) is 0 Å². The van der Waals surface area contributed by atoms with Crippen LogP contribution in [0, 0.1) is 6.92 Å². The van der Waals surface area contributed by atoms with Crippen LogP contribution in [0.1, 0.15) is 19.4 Å². The van der Waals surface area contributed by atoms with Crippen molar-refractivity contribution in [3.63, 3.8) is 0 Å². The highest BCUT2D eigenvalue weighted by Gasteiger charge is 2.12. The van der Waals surface area contributed by atoms with Crippen LogP contribution in [0.3, 0.4) is 0 Å². The van der Waals surface area contributed by atoms with Gasteiger partial charge in [0.25, 0.3) is 0 Å². The maximum absolute atomic E-state index is 9.52. The van der Waals surface area contributed by atoms with Crippen LogP contribution in [0.4, 0.5) is 5.69 Å². The Morgan fingerprint density at radius 3 is 2.71 bits per heavy atom. The summed E-state index contributed by atoms with van der Waals surface area (Å²) in [5.74, 6) is 0. The van der Waals surface area contributed by atoms with Crippen LogP contribution in [-0.4, -0.2) is 22.2 Å². The van der Waals surface area contributed by atoms with E-state index in [9.17, 15) is 5.11 Å². The molecule has 0 aliphatic rings. The van der Waals surface area contributed by atoms with Gasteiger partial charge in [0.1, 0.15) is 0 Å². The van der Waals surface area contributed by atoms with Crippen molar-refractivity contribution >= 4 is 17.3 Å². The maximum atomic E-state index is 9.52. The molecule has 0 aliphatic carbocycles. The average Bonchev–Trinajstić information content (AvgIpc) is 2.06. The highest BCUT2D eigenvalue weighted by molar-refractivity contribution is 6.31. The quantitative estimate of drug-likeness (QED) is 0.811. The second-order valence-corrected chi connectivity index (χ2v) is 4.37. The number of halogens is 1. The third-order valence-corrected chi connectivity index (χ3v) is 2.25. The number of rotatable bonds is 3. The zero-order valence-electron chi connectivity index (χ0n) is 8.63. The lowest BCUT2D eigenvalue weighted by molar-refractivity contribution is 0.0945. The number of anilines is 1. The summed E-state index contributed by atoms with van der Waals surface area (Å²) in [5, 5.41) is 13.3. The van der Waals surface area contributed by atoms with E-state index < -0.39 is 5.60 Å². The van der Waals surface area contributed by atoms with Crippen LogP contribution in [0.15, 0.2) is 12.4 Å². The molecule has 1 heterocycles. The maximum Gasteiger partial charge on any atom is 0.0763 e. The number of hydrogen-bond donors (Lipinski definition) is 2. The number of nitrogens with zero attached hydrogens (tertiary/aromatic N) is 1. The smallest absolute Gasteiger partial charge is 0.0763 e. The number of pyridine rings is 1. The topological polar surface area (TPSA) is 45.2 Å². The van der Waals surface area contributed by atoms with Crippen LogP contribution < -0.4 is 5.32 Å². The Balaban J connectivity index is 2.73. The van der Waals surface area contributed by atoms with Crippen LogP contribution in [-0.2, 0) is 0 Å². The summed E-state index contributed by atoms with van der Waals surface area (Å²) in [6.07, 6.45) is 3.30. The third-order valence-electron chi connectivity index (χ3n) is 1.87. The Kier molecular flexibility index (Phi) is 3.34. The third kappa shape index (κ3) is 3.16. The number of aromatic nitrogens is 1. The van der Waals surface area contributed by atoms with Gasteiger partial charge in [0.2, 0.25) is 0 Å². The van der Waals surface area contributed by atoms with Gasteiger partial charge >= 0.3 is 0 Å². The Bertz CT molecular complexity index is 320. The molecule has 0 spiro atoms. The molecule has 0 fully saturated rings. The molecule has 0 radical (unpaired) electrons. The largest absolute Gasteiger partial charge is 0.389 e. The average molecular weight is 215 g/mol. The fraction of sp³-hybridized carbons (Fsp3) is 0.500. The van der Waals surface area contributed by atoms with E-state index in [0.717, 1.165) is 11.3 Å². The molecule has 0 saturated carbocycles. The van der Waals surface area contributed by atoms with Crippen molar-refractivity contribution in [1.29, 1.82) is 0 Å². The molecule has 78 valence electrons. The standard InChI is InChI=1S/C10H15ClN2O/c1-7-8(11)4-12-5-9(7)13-6-10(2,3)14/h4-5,13-14H,6H2,1-3H3. The lowest BCUT2D eigenvalue weighted by atomic mass is 10.1. The molecular weight excluding hydrogens is 200 g/mol. The van der Waals surface area contributed by atoms with Crippen molar-refractivity contribution in [1.82, 2.24) is 4.98 Å². The molecule has 14 heavy (non-hydrogen) atoms. The van der Waals surface area contributed by atoms with Gasteiger partial charge in [-0.15, -0.1) is 0 Å². The molecule has 3 nitrogen and oxygen atoms in total. The Labute approximate surface area is 89.1 Å². The van der Waals surface area contributed by atoms with Gasteiger partial charge in [0, 0.05) is 12.7 Å². The lowest BCUT2D eigenvalue weighted by Gasteiger charge is -2.19. The molecule has 0 amide bonds. The molecule has 1 aromatic rings. The predicted molar refractivity (Wildman–Crippen MR) is 58.8 cm³/mol. The van der Waals surface area contributed by atoms with E-state index in [1.165, 1.54) is 0 Å². The summed E-state index contributed by atoms with van der Waals surface area (Å²) in [6, 6.07) is 0. The molecule has 1 rings (SSSR count). The van der Waals surface area contributed by atoms with E-state index >= 15 is 0 Å². The molecular formula is C10H15ClN2O. The van der Waals surface area contributed by atoms with Gasteiger partial charge in [-0.1, -0.05) is 11.6 Å². The zero-order chi connectivity index (χ0) is 10.8. The van der Waals surface area contributed by atoms with E-state index in [2.05, 4.69) is 10.3 Å². The first-order chi connectivity index (χ1) is 6.40. The SMILES string of the molecule is Cc1c(Cl)cncc1NCC(C)(C)O. The molecule has 0 saturated heterocycles. The van der Waals surface area contributed by atoms with Crippen molar-refractivity contribution < 1.29 is 5.11 Å². The molecule has 0 atom stereocenters. The zero-order valence-corrected chi connectivity index (χ0v) is 9.39. The second kappa shape index (κ2) is 4.15. The lowest BCUT2D eigenvalue weighted by Crippen LogP contribution is -2.29. The highest BCUT2D eigenvalue weighted by Crippen LogP contribution is 2.21. The Morgan fingerprint density at radius 1 is 1.50 bits per heavy atom. The van der Waals surface area contributed by atoms with Crippen molar-refractivity contribution in [3.05, 3.63) is 23.0 Å². The molecule has 2 N–H and O–H groups in total. The molecule has 0 bridgehead atoms. The molecule has 0 aromatic carbocycles. The number of nitrogens with one attached hydrogen (secondary N) is 1. The van der Waals surface area contributed by atoms with Crippen molar-refractivity contribution in [2.45, 2.75) is 26.4 Å². The summed E-state index contributed by atoms with van der Waals surface area (Å²) in [5.41, 5.74) is 1.07. The molecule has 0 aliphatic heterocycles. The van der Waals surface area contributed by atoms with Crippen molar-refractivity contribution in [2.24, 2.45) is 0 Å². The first-order valence-electron chi connectivity index (χ1n) is 4.46. The van der Waals surface area contributed by atoms with E-state index in [0.29, 0.717) is 11.6 Å². The summed E-state index contributed by atoms with van der Waals surface area (Å²) < 4.78 is 0. The fourth-order valence-corrected chi connectivity index (χ4v) is 1.15. The van der Waals surface area contributed by atoms with E-state index in [1.807, 2.05) is 6.92 Å². The summed E-state index contributed by atoms with van der Waals surface area (Å²) >= 11 is 5.90. The van der Waals surface area contributed by atoms with Crippen LogP contribution >= 0.6 is 11.6 Å².